The fourth-order valence-corrected chi connectivity index (χ4v) is 3.08. The van der Waals surface area contributed by atoms with Gasteiger partial charge in [-0.1, -0.05) is 26.0 Å². The van der Waals surface area contributed by atoms with Crippen molar-refractivity contribution < 1.29 is 4.74 Å². The van der Waals surface area contributed by atoms with Crippen LogP contribution in [0.25, 0.3) is 0 Å². The van der Waals surface area contributed by atoms with E-state index in [1.54, 1.807) is 0 Å². The fourth-order valence-electron chi connectivity index (χ4n) is 3.08. The molecule has 0 radical (unpaired) electrons. The van der Waals surface area contributed by atoms with E-state index in [-0.39, 0.29) is 0 Å². The van der Waals surface area contributed by atoms with Gasteiger partial charge in [0.25, 0.3) is 0 Å². The van der Waals surface area contributed by atoms with E-state index in [9.17, 15) is 0 Å². The first-order valence-corrected chi connectivity index (χ1v) is 8.60. The molecular formula is C19H31NO. The van der Waals surface area contributed by atoms with Crippen LogP contribution in [0, 0.1) is 12.8 Å². The highest BCUT2D eigenvalue weighted by Gasteiger charge is 2.20. The van der Waals surface area contributed by atoms with E-state index in [0.717, 1.165) is 18.2 Å². The Kier molecular flexibility index (Phi) is 6.10. The van der Waals surface area contributed by atoms with Crippen molar-refractivity contribution in [2.75, 3.05) is 6.54 Å². The molecule has 0 heterocycles. The van der Waals surface area contributed by atoms with E-state index >= 15 is 0 Å². The van der Waals surface area contributed by atoms with Crippen molar-refractivity contribution in [1.82, 2.24) is 5.32 Å². The van der Waals surface area contributed by atoms with Gasteiger partial charge in [-0.3, -0.25) is 0 Å². The number of rotatable bonds is 6. The molecule has 0 spiro atoms. The van der Waals surface area contributed by atoms with Gasteiger partial charge in [0.05, 0.1) is 6.10 Å². The summed E-state index contributed by atoms with van der Waals surface area (Å²) in [4.78, 5) is 0. The first-order chi connectivity index (χ1) is 10.1. The van der Waals surface area contributed by atoms with Gasteiger partial charge in [-0.2, -0.15) is 0 Å². The average Bonchev–Trinajstić information content (AvgIpc) is 2.49. The number of benzene rings is 1. The Bertz CT molecular complexity index is 435. The zero-order valence-corrected chi connectivity index (χ0v) is 14.1. The molecule has 1 unspecified atom stereocenters. The van der Waals surface area contributed by atoms with Crippen LogP contribution in [-0.4, -0.2) is 12.6 Å². The third-order valence-electron chi connectivity index (χ3n) is 4.66. The first kappa shape index (κ1) is 16.4. The highest BCUT2D eigenvalue weighted by molar-refractivity contribution is 5.37. The predicted octanol–water partition coefficient (Wildman–Crippen LogP) is 5.01. The standard InChI is InChI=1S/C19H31NO/c1-5-12-20-16(4)17-8-11-19(15(3)13-17)21-18-9-6-14(2)7-10-18/h8,11,13-14,16,18,20H,5-7,9-10,12H2,1-4H3. The molecule has 2 nitrogen and oxygen atoms in total. The van der Waals surface area contributed by atoms with Gasteiger partial charge in [-0.25, -0.2) is 0 Å². The van der Waals surface area contributed by atoms with Crippen LogP contribution in [0.2, 0.25) is 0 Å². The number of nitrogens with one attached hydrogen (secondary N) is 1. The van der Waals surface area contributed by atoms with Crippen LogP contribution in [0.1, 0.15) is 70.0 Å². The molecule has 1 aliphatic rings. The second kappa shape index (κ2) is 7.84. The van der Waals surface area contributed by atoms with Gasteiger partial charge >= 0.3 is 0 Å². The Morgan fingerprint density at radius 1 is 1.24 bits per heavy atom. The maximum atomic E-state index is 6.23. The molecule has 118 valence electrons. The molecular weight excluding hydrogens is 258 g/mol. The molecule has 0 amide bonds. The van der Waals surface area contributed by atoms with Gasteiger partial charge in [-0.15, -0.1) is 0 Å². The normalized spacial score (nSPS) is 23.8. The van der Waals surface area contributed by atoms with Gasteiger partial charge in [0.2, 0.25) is 0 Å². The maximum absolute atomic E-state index is 6.23. The summed E-state index contributed by atoms with van der Waals surface area (Å²) in [6.07, 6.45) is 6.61. The van der Waals surface area contributed by atoms with Gasteiger partial charge in [0.1, 0.15) is 5.75 Å². The highest BCUT2D eigenvalue weighted by atomic mass is 16.5. The minimum absolute atomic E-state index is 0.410. The topological polar surface area (TPSA) is 21.3 Å². The summed E-state index contributed by atoms with van der Waals surface area (Å²) in [5.74, 6) is 1.94. The molecule has 0 bridgehead atoms. The number of hydrogen-bond acceptors (Lipinski definition) is 2. The fraction of sp³-hybridized carbons (Fsp3) is 0.684. The Balaban J connectivity index is 1.95. The monoisotopic (exact) mass is 289 g/mol. The molecule has 2 heteroatoms. The predicted molar refractivity (Wildman–Crippen MR) is 89.9 cm³/mol. The van der Waals surface area contributed by atoms with Crippen molar-refractivity contribution in [3.8, 4) is 5.75 Å². The SMILES string of the molecule is CCCNC(C)c1ccc(OC2CCC(C)CC2)c(C)c1. The van der Waals surface area contributed by atoms with Gasteiger partial charge < -0.3 is 10.1 Å². The quantitative estimate of drug-likeness (QED) is 0.794. The molecule has 0 aliphatic heterocycles. The van der Waals surface area contributed by atoms with Crippen molar-refractivity contribution in [2.24, 2.45) is 5.92 Å². The van der Waals surface area contributed by atoms with Crippen molar-refractivity contribution in [2.45, 2.75) is 71.9 Å². The summed E-state index contributed by atoms with van der Waals surface area (Å²) in [7, 11) is 0. The molecule has 1 N–H and O–H groups in total. The van der Waals surface area contributed by atoms with Crippen molar-refractivity contribution in [1.29, 1.82) is 0 Å². The van der Waals surface area contributed by atoms with E-state index in [1.807, 2.05) is 0 Å². The van der Waals surface area contributed by atoms with Crippen LogP contribution in [0.4, 0.5) is 0 Å². The van der Waals surface area contributed by atoms with Gasteiger partial charge in [0.15, 0.2) is 0 Å². The average molecular weight is 289 g/mol. The lowest BCUT2D eigenvalue weighted by Gasteiger charge is -2.27. The molecule has 0 saturated heterocycles. The van der Waals surface area contributed by atoms with Crippen LogP contribution in [0.3, 0.4) is 0 Å². The second-order valence-electron chi connectivity index (χ2n) is 6.70. The smallest absolute Gasteiger partial charge is 0.122 e. The zero-order valence-electron chi connectivity index (χ0n) is 14.1. The molecule has 1 aromatic carbocycles. The van der Waals surface area contributed by atoms with Crippen molar-refractivity contribution in [3.63, 3.8) is 0 Å². The number of aryl methyl sites for hydroxylation is 1. The summed E-state index contributed by atoms with van der Waals surface area (Å²) < 4.78 is 6.23. The summed E-state index contributed by atoms with van der Waals surface area (Å²) in [6, 6.07) is 7.05. The third-order valence-corrected chi connectivity index (χ3v) is 4.66. The molecule has 1 atom stereocenters. The summed E-state index contributed by atoms with van der Waals surface area (Å²) >= 11 is 0. The van der Waals surface area contributed by atoms with E-state index in [2.05, 4.69) is 51.2 Å². The molecule has 21 heavy (non-hydrogen) atoms. The highest BCUT2D eigenvalue weighted by Crippen LogP contribution is 2.29. The van der Waals surface area contributed by atoms with E-state index in [0.29, 0.717) is 12.1 Å². The summed E-state index contributed by atoms with van der Waals surface area (Å²) in [5.41, 5.74) is 2.61. The minimum atomic E-state index is 0.410. The number of hydrogen-bond donors (Lipinski definition) is 1. The minimum Gasteiger partial charge on any atom is -0.490 e. The first-order valence-electron chi connectivity index (χ1n) is 8.60. The molecule has 1 aromatic rings. The summed E-state index contributed by atoms with van der Waals surface area (Å²) in [5, 5.41) is 3.54. The molecule has 2 rings (SSSR count). The maximum Gasteiger partial charge on any atom is 0.122 e. The largest absolute Gasteiger partial charge is 0.490 e. The van der Waals surface area contributed by atoms with Crippen LogP contribution >= 0.6 is 0 Å². The van der Waals surface area contributed by atoms with Gasteiger partial charge in [-0.05, 0) is 75.6 Å². The lowest BCUT2D eigenvalue weighted by atomic mass is 9.89. The molecule has 1 fully saturated rings. The van der Waals surface area contributed by atoms with Gasteiger partial charge in [0, 0.05) is 6.04 Å². The molecule has 1 saturated carbocycles. The Morgan fingerprint density at radius 2 is 1.95 bits per heavy atom. The lowest BCUT2D eigenvalue weighted by molar-refractivity contribution is 0.134. The van der Waals surface area contributed by atoms with Crippen LogP contribution in [0.5, 0.6) is 5.75 Å². The lowest BCUT2D eigenvalue weighted by Crippen LogP contribution is -2.23. The molecule has 1 aliphatic carbocycles. The van der Waals surface area contributed by atoms with Crippen LogP contribution in [-0.2, 0) is 0 Å². The van der Waals surface area contributed by atoms with E-state index in [1.165, 1.54) is 43.2 Å². The molecule has 0 aromatic heterocycles. The van der Waals surface area contributed by atoms with Crippen LogP contribution in [0.15, 0.2) is 18.2 Å². The van der Waals surface area contributed by atoms with Crippen molar-refractivity contribution in [3.05, 3.63) is 29.3 Å². The summed E-state index contributed by atoms with van der Waals surface area (Å²) in [6.45, 7) is 10.0. The second-order valence-corrected chi connectivity index (χ2v) is 6.70. The number of ether oxygens (including phenoxy) is 1. The third kappa shape index (κ3) is 4.74. The van der Waals surface area contributed by atoms with Crippen molar-refractivity contribution >= 4 is 0 Å². The Hall–Kier alpha value is -1.02. The van der Waals surface area contributed by atoms with E-state index < -0.39 is 0 Å². The zero-order chi connectivity index (χ0) is 15.2. The Morgan fingerprint density at radius 3 is 2.57 bits per heavy atom. The van der Waals surface area contributed by atoms with Crippen LogP contribution < -0.4 is 10.1 Å². The Labute approximate surface area is 130 Å². The van der Waals surface area contributed by atoms with E-state index in [4.69, 9.17) is 4.74 Å².